The van der Waals surface area contributed by atoms with E-state index in [9.17, 15) is 0 Å². The maximum absolute atomic E-state index is 6.58. The van der Waals surface area contributed by atoms with Crippen molar-refractivity contribution in [1.29, 1.82) is 0 Å². The minimum Gasteiger partial charge on any atom is -0.324 e. The third-order valence-electron chi connectivity index (χ3n) is 6.44. The van der Waals surface area contributed by atoms with Gasteiger partial charge in [0.1, 0.15) is 0 Å². The van der Waals surface area contributed by atoms with Crippen LogP contribution in [0.4, 0.5) is 0 Å². The third-order valence-corrected chi connectivity index (χ3v) is 6.85. The Morgan fingerprint density at radius 3 is 2.24 bits per heavy atom. The summed E-state index contributed by atoms with van der Waals surface area (Å²) in [5, 5.41) is 0.855. The molecule has 4 fully saturated rings. The highest BCUT2D eigenvalue weighted by Crippen LogP contribution is 2.62. The zero-order valence-electron chi connectivity index (χ0n) is 12.9. The first-order valence-corrected chi connectivity index (χ1v) is 8.92. The Morgan fingerprint density at radius 1 is 1.14 bits per heavy atom. The van der Waals surface area contributed by atoms with E-state index in [-0.39, 0.29) is 6.04 Å². The minimum atomic E-state index is 0.152. The largest absolute Gasteiger partial charge is 0.324 e. The maximum atomic E-state index is 6.58. The monoisotopic (exact) mass is 303 g/mol. The first kappa shape index (κ1) is 14.1. The second-order valence-corrected chi connectivity index (χ2v) is 8.64. The van der Waals surface area contributed by atoms with Crippen LogP contribution in [0.3, 0.4) is 0 Å². The summed E-state index contributed by atoms with van der Waals surface area (Å²) in [5.41, 5.74) is 9.49. The van der Waals surface area contributed by atoms with Gasteiger partial charge >= 0.3 is 0 Å². The van der Waals surface area contributed by atoms with E-state index in [0.717, 1.165) is 34.8 Å². The summed E-state index contributed by atoms with van der Waals surface area (Å²) < 4.78 is 0. The molecule has 0 heterocycles. The van der Waals surface area contributed by atoms with Gasteiger partial charge in [0.2, 0.25) is 0 Å². The van der Waals surface area contributed by atoms with E-state index in [1.807, 2.05) is 0 Å². The fourth-order valence-corrected chi connectivity index (χ4v) is 6.15. The molecule has 1 nitrogen and oxygen atoms in total. The van der Waals surface area contributed by atoms with Crippen LogP contribution in [0.5, 0.6) is 0 Å². The molecule has 1 atom stereocenters. The number of halogens is 1. The average Bonchev–Trinajstić information content (AvgIpc) is 2.39. The third kappa shape index (κ3) is 2.53. The van der Waals surface area contributed by atoms with Crippen molar-refractivity contribution >= 4 is 11.6 Å². The van der Waals surface area contributed by atoms with E-state index in [4.69, 9.17) is 17.3 Å². The highest BCUT2D eigenvalue weighted by atomic mass is 35.5. The molecule has 4 aliphatic carbocycles. The Hall–Kier alpha value is -0.530. The molecule has 0 radical (unpaired) electrons. The number of hydrogen-bond donors (Lipinski definition) is 1. The van der Waals surface area contributed by atoms with E-state index >= 15 is 0 Å². The normalized spacial score (nSPS) is 38.7. The van der Waals surface area contributed by atoms with Gasteiger partial charge in [0.05, 0.1) is 0 Å². The lowest BCUT2D eigenvalue weighted by molar-refractivity contribution is -0.0605. The van der Waals surface area contributed by atoms with Gasteiger partial charge in [0.15, 0.2) is 0 Å². The van der Waals surface area contributed by atoms with Crippen molar-refractivity contribution < 1.29 is 0 Å². The van der Waals surface area contributed by atoms with Crippen molar-refractivity contribution in [1.82, 2.24) is 0 Å². The van der Waals surface area contributed by atoms with Gasteiger partial charge < -0.3 is 5.73 Å². The zero-order valence-corrected chi connectivity index (χ0v) is 13.7. The van der Waals surface area contributed by atoms with Gasteiger partial charge in [-0.05, 0) is 92.2 Å². The van der Waals surface area contributed by atoms with Crippen LogP contribution in [-0.2, 0) is 0 Å². The Bertz CT molecular complexity index is 515. The highest BCUT2D eigenvalue weighted by Gasteiger charge is 2.51. The van der Waals surface area contributed by atoms with E-state index in [1.165, 1.54) is 44.1 Å². The summed E-state index contributed by atoms with van der Waals surface area (Å²) in [6.45, 7) is 2.05. The molecule has 0 amide bonds. The molecule has 0 aliphatic heterocycles. The molecule has 21 heavy (non-hydrogen) atoms. The summed E-state index contributed by atoms with van der Waals surface area (Å²) >= 11 is 6.28. The van der Waals surface area contributed by atoms with Crippen molar-refractivity contribution in [2.75, 3.05) is 0 Å². The van der Waals surface area contributed by atoms with Crippen LogP contribution in [0.1, 0.15) is 62.1 Å². The Morgan fingerprint density at radius 2 is 1.71 bits per heavy atom. The molecule has 1 unspecified atom stereocenters. The van der Waals surface area contributed by atoms with Crippen LogP contribution in [0.15, 0.2) is 18.2 Å². The van der Waals surface area contributed by atoms with Crippen molar-refractivity contribution in [3.8, 4) is 0 Å². The summed E-state index contributed by atoms with van der Waals surface area (Å²) in [6.07, 6.45) is 9.99. The number of benzene rings is 1. The van der Waals surface area contributed by atoms with E-state index in [1.54, 1.807) is 0 Å². The van der Waals surface area contributed by atoms with Crippen molar-refractivity contribution in [3.63, 3.8) is 0 Å². The van der Waals surface area contributed by atoms with Crippen LogP contribution in [0, 0.1) is 30.1 Å². The number of hydrogen-bond acceptors (Lipinski definition) is 1. The summed E-state index contributed by atoms with van der Waals surface area (Å²) in [5.74, 6) is 3.01. The van der Waals surface area contributed by atoms with Crippen molar-refractivity contribution in [2.24, 2.45) is 28.9 Å². The molecule has 2 heteroatoms. The van der Waals surface area contributed by atoms with Crippen molar-refractivity contribution in [2.45, 2.75) is 57.9 Å². The van der Waals surface area contributed by atoms with Crippen LogP contribution < -0.4 is 5.73 Å². The predicted octanol–water partition coefficient (Wildman–Crippen LogP) is 5.25. The molecule has 1 aromatic rings. The molecule has 1 aromatic carbocycles. The van der Waals surface area contributed by atoms with Crippen LogP contribution in [0.2, 0.25) is 5.02 Å². The Balaban J connectivity index is 1.53. The van der Waals surface area contributed by atoms with Crippen LogP contribution in [-0.4, -0.2) is 0 Å². The molecule has 0 saturated heterocycles. The van der Waals surface area contributed by atoms with Gasteiger partial charge in [-0.25, -0.2) is 0 Å². The van der Waals surface area contributed by atoms with Gasteiger partial charge in [-0.1, -0.05) is 23.7 Å². The molecule has 4 saturated carbocycles. The second kappa shape index (κ2) is 4.99. The van der Waals surface area contributed by atoms with Gasteiger partial charge in [0.25, 0.3) is 0 Å². The molecule has 4 aliphatic rings. The lowest BCUT2D eigenvalue weighted by atomic mass is 9.48. The first-order chi connectivity index (χ1) is 10.0. The maximum Gasteiger partial charge on any atom is 0.0438 e. The number of aryl methyl sites for hydroxylation is 1. The molecule has 0 spiro atoms. The molecule has 5 rings (SSSR count). The molecule has 2 N–H and O–H groups in total. The molecule has 114 valence electrons. The second-order valence-electron chi connectivity index (χ2n) is 8.24. The smallest absolute Gasteiger partial charge is 0.0438 e. The van der Waals surface area contributed by atoms with Gasteiger partial charge in [-0.3, -0.25) is 0 Å². The molecular formula is C19H26ClN. The topological polar surface area (TPSA) is 26.0 Å². The predicted molar refractivity (Wildman–Crippen MR) is 88.3 cm³/mol. The Kier molecular flexibility index (Phi) is 3.35. The fourth-order valence-electron chi connectivity index (χ4n) is 5.96. The lowest BCUT2D eigenvalue weighted by Gasteiger charge is -2.57. The lowest BCUT2D eigenvalue weighted by Crippen LogP contribution is -2.47. The summed E-state index contributed by atoms with van der Waals surface area (Å²) in [7, 11) is 0. The Labute approximate surface area is 133 Å². The standard InChI is InChI=1S/C19H26ClN/c1-12-2-3-16(7-17(12)20)18(21)11-19-8-13-4-14(9-19)6-15(5-13)10-19/h2-3,7,13-15,18H,4-6,8-11,21H2,1H3. The highest BCUT2D eigenvalue weighted by molar-refractivity contribution is 6.31. The number of rotatable bonds is 3. The summed E-state index contributed by atoms with van der Waals surface area (Å²) in [6, 6.07) is 6.52. The van der Waals surface area contributed by atoms with Gasteiger partial charge in [-0.2, -0.15) is 0 Å². The fraction of sp³-hybridized carbons (Fsp3) is 0.684. The molecule has 0 aromatic heterocycles. The van der Waals surface area contributed by atoms with Gasteiger partial charge in [-0.15, -0.1) is 0 Å². The van der Waals surface area contributed by atoms with E-state index in [0.29, 0.717) is 5.41 Å². The average molecular weight is 304 g/mol. The minimum absolute atomic E-state index is 0.152. The van der Waals surface area contributed by atoms with Crippen LogP contribution in [0.25, 0.3) is 0 Å². The quantitative estimate of drug-likeness (QED) is 0.810. The van der Waals surface area contributed by atoms with E-state index < -0.39 is 0 Å². The first-order valence-electron chi connectivity index (χ1n) is 8.55. The summed E-state index contributed by atoms with van der Waals surface area (Å²) in [4.78, 5) is 0. The van der Waals surface area contributed by atoms with Gasteiger partial charge in [0, 0.05) is 11.1 Å². The van der Waals surface area contributed by atoms with Crippen molar-refractivity contribution in [3.05, 3.63) is 34.3 Å². The molecule has 4 bridgehead atoms. The molecular weight excluding hydrogens is 278 g/mol. The van der Waals surface area contributed by atoms with Crippen LogP contribution >= 0.6 is 11.6 Å². The SMILES string of the molecule is Cc1ccc(C(N)CC23CC4CC(CC(C4)C2)C3)cc1Cl. The van der Waals surface area contributed by atoms with E-state index in [2.05, 4.69) is 25.1 Å². The zero-order chi connectivity index (χ0) is 14.6. The number of nitrogens with two attached hydrogens (primary N) is 1.